The molecule has 3 nitrogen and oxygen atoms in total. The molecule has 0 bridgehead atoms. The Kier molecular flexibility index (Phi) is 3.61. The molecule has 18 heavy (non-hydrogen) atoms. The maximum atomic E-state index is 9.10. The number of ether oxygens (including phenoxy) is 1. The molecular formula is C15H14N2O. The van der Waals surface area contributed by atoms with Crippen molar-refractivity contribution in [3.05, 3.63) is 59.2 Å². The van der Waals surface area contributed by atoms with Crippen molar-refractivity contribution in [3.63, 3.8) is 0 Å². The van der Waals surface area contributed by atoms with E-state index in [2.05, 4.69) is 6.07 Å². The smallest absolute Gasteiger partial charge is 0.145 e. The summed E-state index contributed by atoms with van der Waals surface area (Å²) < 4.78 is 5.72. The summed E-state index contributed by atoms with van der Waals surface area (Å²) in [5.74, 6) is 1.28. The zero-order chi connectivity index (χ0) is 13.0. The van der Waals surface area contributed by atoms with Crippen LogP contribution in [0.25, 0.3) is 0 Å². The first-order valence-electron chi connectivity index (χ1n) is 5.70. The Hall–Kier alpha value is -2.31. The van der Waals surface area contributed by atoms with E-state index in [0.29, 0.717) is 17.9 Å². The van der Waals surface area contributed by atoms with Crippen LogP contribution in [0.1, 0.15) is 16.7 Å². The Morgan fingerprint density at radius 3 is 2.72 bits per heavy atom. The van der Waals surface area contributed by atoms with Crippen LogP contribution in [-0.2, 0) is 6.54 Å². The second-order valence-corrected chi connectivity index (χ2v) is 4.07. The quantitative estimate of drug-likeness (QED) is 0.893. The molecule has 2 aromatic rings. The highest BCUT2D eigenvalue weighted by molar-refractivity contribution is 5.47. The van der Waals surface area contributed by atoms with Gasteiger partial charge in [-0.3, -0.25) is 0 Å². The number of nitrogens with zero attached hydrogens (tertiary/aromatic N) is 1. The molecule has 0 amide bonds. The predicted molar refractivity (Wildman–Crippen MR) is 70.3 cm³/mol. The summed E-state index contributed by atoms with van der Waals surface area (Å²) in [7, 11) is 0. The van der Waals surface area contributed by atoms with Gasteiger partial charge >= 0.3 is 0 Å². The van der Waals surface area contributed by atoms with Gasteiger partial charge in [0.15, 0.2) is 0 Å². The number of nitriles is 1. The number of rotatable bonds is 3. The first kappa shape index (κ1) is 12.2. The number of hydrogen-bond donors (Lipinski definition) is 1. The maximum absolute atomic E-state index is 9.10. The Bertz CT molecular complexity index is 600. The molecule has 0 aliphatic carbocycles. The molecular weight excluding hydrogens is 224 g/mol. The van der Waals surface area contributed by atoms with Crippen molar-refractivity contribution < 1.29 is 4.74 Å². The molecule has 0 fully saturated rings. The molecule has 0 aliphatic rings. The molecule has 3 heteroatoms. The summed E-state index contributed by atoms with van der Waals surface area (Å²) in [6.45, 7) is 2.41. The summed E-state index contributed by atoms with van der Waals surface area (Å²) in [5.41, 5.74) is 8.08. The molecule has 0 spiro atoms. The van der Waals surface area contributed by atoms with E-state index in [0.717, 1.165) is 16.9 Å². The lowest BCUT2D eigenvalue weighted by Gasteiger charge is -2.09. The molecule has 2 aromatic carbocycles. The molecule has 0 aliphatic heterocycles. The Morgan fingerprint density at radius 2 is 2.06 bits per heavy atom. The Labute approximate surface area is 106 Å². The predicted octanol–water partition coefficient (Wildman–Crippen LogP) is 3.12. The van der Waals surface area contributed by atoms with Gasteiger partial charge in [-0.15, -0.1) is 0 Å². The summed E-state index contributed by atoms with van der Waals surface area (Å²) in [6.07, 6.45) is 0. The van der Waals surface area contributed by atoms with Crippen molar-refractivity contribution in [2.75, 3.05) is 0 Å². The molecule has 2 N–H and O–H groups in total. The van der Waals surface area contributed by atoms with E-state index in [1.54, 1.807) is 12.1 Å². The molecule has 2 rings (SSSR count). The zero-order valence-electron chi connectivity index (χ0n) is 10.2. The topological polar surface area (TPSA) is 59.0 Å². The van der Waals surface area contributed by atoms with Crippen molar-refractivity contribution in [2.45, 2.75) is 13.5 Å². The van der Waals surface area contributed by atoms with Crippen LogP contribution in [0.5, 0.6) is 11.5 Å². The number of nitrogens with two attached hydrogens (primary N) is 1. The van der Waals surface area contributed by atoms with Crippen molar-refractivity contribution >= 4 is 0 Å². The van der Waals surface area contributed by atoms with Gasteiger partial charge in [0.25, 0.3) is 0 Å². The van der Waals surface area contributed by atoms with Crippen molar-refractivity contribution in [2.24, 2.45) is 5.73 Å². The molecule has 0 radical (unpaired) electrons. The van der Waals surface area contributed by atoms with Crippen LogP contribution >= 0.6 is 0 Å². The number of aryl methyl sites for hydroxylation is 1. The summed E-state index contributed by atoms with van der Waals surface area (Å²) in [6, 6.07) is 15.2. The highest BCUT2D eigenvalue weighted by Gasteiger charge is 2.05. The van der Waals surface area contributed by atoms with Gasteiger partial charge < -0.3 is 10.5 Å². The van der Waals surface area contributed by atoms with Gasteiger partial charge in [0.1, 0.15) is 17.6 Å². The van der Waals surface area contributed by atoms with Crippen molar-refractivity contribution in [3.8, 4) is 17.6 Å². The summed E-state index contributed by atoms with van der Waals surface area (Å²) in [5, 5.41) is 9.10. The fraction of sp³-hybridized carbons (Fsp3) is 0.133. The fourth-order valence-electron chi connectivity index (χ4n) is 1.69. The summed E-state index contributed by atoms with van der Waals surface area (Å²) >= 11 is 0. The van der Waals surface area contributed by atoms with Crippen LogP contribution in [0.15, 0.2) is 42.5 Å². The van der Waals surface area contributed by atoms with Crippen LogP contribution in [0.4, 0.5) is 0 Å². The molecule has 0 aromatic heterocycles. The van der Waals surface area contributed by atoms with E-state index >= 15 is 0 Å². The van der Waals surface area contributed by atoms with Gasteiger partial charge in [-0.05, 0) is 42.3 Å². The van der Waals surface area contributed by atoms with Gasteiger partial charge in [-0.1, -0.05) is 18.2 Å². The van der Waals surface area contributed by atoms with Crippen LogP contribution in [0.2, 0.25) is 0 Å². The number of benzene rings is 2. The van der Waals surface area contributed by atoms with Crippen molar-refractivity contribution in [1.29, 1.82) is 5.26 Å². The largest absolute Gasteiger partial charge is 0.456 e. The first-order chi connectivity index (χ1) is 8.72. The third-order valence-corrected chi connectivity index (χ3v) is 2.62. The SMILES string of the molecule is Cc1cccc(Oc2ccc(CN)cc2C#N)c1. The zero-order valence-corrected chi connectivity index (χ0v) is 10.2. The number of hydrogen-bond acceptors (Lipinski definition) is 3. The lowest BCUT2D eigenvalue weighted by atomic mass is 10.1. The fourth-order valence-corrected chi connectivity index (χ4v) is 1.69. The lowest BCUT2D eigenvalue weighted by molar-refractivity contribution is 0.480. The Morgan fingerprint density at radius 1 is 1.22 bits per heavy atom. The van der Waals surface area contributed by atoms with Gasteiger partial charge in [0.05, 0.1) is 5.56 Å². The van der Waals surface area contributed by atoms with Gasteiger partial charge in [-0.2, -0.15) is 5.26 Å². The molecule has 0 saturated carbocycles. The highest BCUT2D eigenvalue weighted by atomic mass is 16.5. The minimum absolute atomic E-state index is 0.416. The van der Waals surface area contributed by atoms with E-state index in [-0.39, 0.29) is 0 Å². The average Bonchev–Trinajstić information content (AvgIpc) is 2.39. The standard InChI is InChI=1S/C15H14N2O/c1-11-3-2-4-14(7-11)18-15-6-5-12(9-16)8-13(15)10-17/h2-8H,9,16H2,1H3. The van der Waals surface area contributed by atoms with Gasteiger partial charge in [0, 0.05) is 6.54 Å². The van der Waals surface area contributed by atoms with E-state index in [4.69, 9.17) is 15.7 Å². The van der Waals surface area contributed by atoms with Gasteiger partial charge in [0.2, 0.25) is 0 Å². The van der Waals surface area contributed by atoms with E-state index in [1.807, 2.05) is 37.3 Å². The van der Waals surface area contributed by atoms with Crippen LogP contribution in [0.3, 0.4) is 0 Å². The molecule has 0 unspecified atom stereocenters. The van der Waals surface area contributed by atoms with Crippen LogP contribution < -0.4 is 10.5 Å². The Balaban J connectivity index is 2.32. The van der Waals surface area contributed by atoms with E-state index in [9.17, 15) is 0 Å². The average molecular weight is 238 g/mol. The normalized spacial score (nSPS) is 9.83. The lowest BCUT2D eigenvalue weighted by Crippen LogP contribution is -1.97. The van der Waals surface area contributed by atoms with Crippen LogP contribution in [-0.4, -0.2) is 0 Å². The molecule has 90 valence electrons. The monoisotopic (exact) mass is 238 g/mol. The van der Waals surface area contributed by atoms with Crippen molar-refractivity contribution in [1.82, 2.24) is 0 Å². The van der Waals surface area contributed by atoms with E-state index < -0.39 is 0 Å². The first-order valence-corrected chi connectivity index (χ1v) is 5.70. The highest BCUT2D eigenvalue weighted by Crippen LogP contribution is 2.26. The molecule has 0 atom stereocenters. The summed E-state index contributed by atoms with van der Waals surface area (Å²) in [4.78, 5) is 0. The van der Waals surface area contributed by atoms with Crippen LogP contribution in [0, 0.1) is 18.3 Å². The molecule has 0 heterocycles. The molecule has 0 saturated heterocycles. The minimum Gasteiger partial charge on any atom is -0.456 e. The minimum atomic E-state index is 0.416. The van der Waals surface area contributed by atoms with Gasteiger partial charge in [-0.25, -0.2) is 0 Å². The third-order valence-electron chi connectivity index (χ3n) is 2.62. The third kappa shape index (κ3) is 2.68. The van der Waals surface area contributed by atoms with E-state index in [1.165, 1.54) is 0 Å². The second-order valence-electron chi connectivity index (χ2n) is 4.07. The maximum Gasteiger partial charge on any atom is 0.145 e. The second kappa shape index (κ2) is 5.35.